The second-order valence-corrected chi connectivity index (χ2v) is 7.63. The van der Waals surface area contributed by atoms with Crippen LogP contribution in [0.4, 0.5) is 5.69 Å². The lowest BCUT2D eigenvalue weighted by Gasteiger charge is -2.26. The second-order valence-electron chi connectivity index (χ2n) is 7.63. The van der Waals surface area contributed by atoms with E-state index in [4.69, 9.17) is 10.5 Å². The lowest BCUT2D eigenvalue weighted by Crippen LogP contribution is -2.40. The lowest BCUT2D eigenvalue weighted by atomic mass is 10.0. The molecule has 0 spiro atoms. The molecular weight excluding hydrogens is 366 g/mol. The van der Waals surface area contributed by atoms with Crippen LogP contribution in [0.15, 0.2) is 48.5 Å². The third-order valence-corrected chi connectivity index (χ3v) is 5.21. The van der Waals surface area contributed by atoms with Crippen molar-refractivity contribution >= 4 is 17.5 Å². The number of methoxy groups -OCH3 is 1. The molecule has 154 valence electrons. The Kier molecular flexibility index (Phi) is 6.75. The van der Waals surface area contributed by atoms with E-state index in [9.17, 15) is 9.59 Å². The number of benzene rings is 2. The Bertz CT molecular complexity index is 847. The minimum Gasteiger partial charge on any atom is -0.497 e. The van der Waals surface area contributed by atoms with Gasteiger partial charge < -0.3 is 20.7 Å². The van der Waals surface area contributed by atoms with Crippen molar-refractivity contribution < 1.29 is 14.3 Å². The summed E-state index contributed by atoms with van der Waals surface area (Å²) in [5, 5.41) is 3.20. The molecule has 1 fully saturated rings. The average Bonchev–Trinajstić information content (AvgIpc) is 3.54. The molecule has 0 aliphatic heterocycles. The Balaban J connectivity index is 1.70. The van der Waals surface area contributed by atoms with E-state index in [1.807, 2.05) is 60.4 Å². The molecule has 1 atom stereocenters. The summed E-state index contributed by atoms with van der Waals surface area (Å²) in [6.45, 7) is 2.58. The highest BCUT2D eigenvalue weighted by Crippen LogP contribution is 2.41. The summed E-state index contributed by atoms with van der Waals surface area (Å²) in [6, 6.07) is 15.8. The molecule has 6 heteroatoms. The molecule has 2 aromatic carbocycles. The van der Waals surface area contributed by atoms with E-state index < -0.39 is 0 Å². The van der Waals surface area contributed by atoms with Crippen LogP contribution >= 0.6 is 0 Å². The van der Waals surface area contributed by atoms with Crippen molar-refractivity contribution in [1.82, 2.24) is 5.32 Å². The van der Waals surface area contributed by atoms with E-state index in [2.05, 4.69) is 5.32 Å². The van der Waals surface area contributed by atoms with E-state index in [-0.39, 0.29) is 30.8 Å². The topological polar surface area (TPSA) is 84.7 Å². The van der Waals surface area contributed by atoms with Crippen molar-refractivity contribution in [2.24, 2.45) is 11.7 Å². The third-order valence-electron chi connectivity index (χ3n) is 5.21. The second kappa shape index (κ2) is 9.45. The number of hydrogen-bond acceptors (Lipinski definition) is 4. The minimum absolute atomic E-state index is 0.0103. The molecule has 0 aromatic heterocycles. The van der Waals surface area contributed by atoms with Crippen LogP contribution in [0.25, 0.3) is 0 Å². The number of anilines is 1. The first-order valence-electron chi connectivity index (χ1n) is 9.99. The number of rotatable bonds is 10. The first-order chi connectivity index (χ1) is 14.0. The number of nitrogens with zero attached hydrogens (tertiary/aromatic N) is 1. The van der Waals surface area contributed by atoms with Gasteiger partial charge in [-0.3, -0.25) is 9.59 Å². The Labute approximate surface area is 172 Å². The molecule has 0 heterocycles. The maximum Gasteiger partial charge on any atom is 0.240 e. The van der Waals surface area contributed by atoms with E-state index >= 15 is 0 Å². The molecule has 3 N–H and O–H groups in total. The molecule has 3 rings (SSSR count). The van der Waals surface area contributed by atoms with E-state index in [0.717, 1.165) is 35.4 Å². The summed E-state index contributed by atoms with van der Waals surface area (Å²) in [6.07, 6.45) is 2.42. The molecule has 1 unspecified atom stereocenters. The zero-order valence-corrected chi connectivity index (χ0v) is 17.1. The fourth-order valence-corrected chi connectivity index (χ4v) is 3.48. The third kappa shape index (κ3) is 5.98. The summed E-state index contributed by atoms with van der Waals surface area (Å²) in [5.41, 5.74) is 8.42. The molecule has 1 aliphatic rings. The van der Waals surface area contributed by atoms with Gasteiger partial charge in [-0.1, -0.05) is 24.3 Å². The van der Waals surface area contributed by atoms with Crippen molar-refractivity contribution in [1.29, 1.82) is 0 Å². The first kappa shape index (κ1) is 20.7. The first-order valence-corrected chi connectivity index (χ1v) is 9.99. The van der Waals surface area contributed by atoms with Gasteiger partial charge in [0.25, 0.3) is 0 Å². The predicted octanol–water partition coefficient (Wildman–Crippen LogP) is 2.95. The number of primary amides is 1. The molecule has 0 bridgehead atoms. The summed E-state index contributed by atoms with van der Waals surface area (Å²) in [5.74, 6) is 0.818. The number of ether oxygens (including phenoxy) is 1. The van der Waals surface area contributed by atoms with Crippen molar-refractivity contribution in [2.45, 2.75) is 32.2 Å². The summed E-state index contributed by atoms with van der Waals surface area (Å²) in [4.78, 5) is 26.1. The largest absolute Gasteiger partial charge is 0.497 e. The average molecular weight is 396 g/mol. The van der Waals surface area contributed by atoms with Crippen LogP contribution in [0, 0.1) is 12.8 Å². The van der Waals surface area contributed by atoms with E-state index in [1.54, 1.807) is 7.11 Å². The van der Waals surface area contributed by atoms with Crippen molar-refractivity contribution in [3.8, 4) is 5.75 Å². The number of carbonyl (C=O) groups excluding carboxylic acids is 2. The molecule has 2 amide bonds. The predicted molar refractivity (Wildman–Crippen MR) is 114 cm³/mol. The van der Waals surface area contributed by atoms with Gasteiger partial charge in [0, 0.05) is 18.7 Å². The van der Waals surface area contributed by atoms with Gasteiger partial charge >= 0.3 is 0 Å². The summed E-state index contributed by atoms with van der Waals surface area (Å²) in [7, 11) is 1.64. The number of nitrogens with one attached hydrogen (secondary N) is 1. The zero-order valence-electron chi connectivity index (χ0n) is 17.1. The highest BCUT2D eigenvalue weighted by atomic mass is 16.5. The molecule has 0 saturated heterocycles. The molecule has 6 nitrogen and oxygen atoms in total. The Morgan fingerprint density at radius 1 is 1.21 bits per heavy atom. The van der Waals surface area contributed by atoms with Crippen molar-refractivity contribution in [3.05, 3.63) is 59.7 Å². The van der Waals surface area contributed by atoms with Gasteiger partial charge in [0.05, 0.1) is 19.7 Å². The van der Waals surface area contributed by atoms with Crippen molar-refractivity contribution in [3.63, 3.8) is 0 Å². The number of carbonyl (C=O) groups is 2. The molecule has 29 heavy (non-hydrogen) atoms. The Hall–Kier alpha value is -3.02. The smallest absolute Gasteiger partial charge is 0.240 e. The van der Waals surface area contributed by atoms with Crippen LogP contribution in [-0.4, -0.2) is 32.0 Å². The summed E-state index contributed by atoms with van der Waals surface area (Å²) >= 11 is 0. The lowest BCUT2D eigenvalue weighted by molar-refractivity contribution is -0.121. The van der Waals surface area contributed by atoms with Gasteiger partial charge in [-0.2, -0.15) is 0 Å². The number of aryl methyl sites for hydroxylation is 1. The molecule has 2 aromatic rings. The standard InChI is InChI=1S/C23H29N3O3/c1-16-4-3-5-19(14-16)26(13-12-21(24)27)15-22(28)25-23(17-6-7-17)18-8-10-20(29-2)11-9-18/h3-5,8-11,14,17,23H,6-7,12-13,15H2,1-2H3,(H2,24,27)(H,25,28). The maximum atomic E-state index is 12.9. The maximum absolute atomic E-state index is 12.9. The van der Waals surface area contributed by atoms with Crippen LogP contribution in [-0.2, 0) is 9.59 Å². The Morgan fingerprint density at radius 2 is 1.93 bits per heavy atom. The van der Waals surface area contributed by atoms with Crippen LogP contribution in [0.3, 0.4) is 0 Å². The number of nitrogens with two attached hydrogens (primary N) is 1. The minimum atomic E-state index is -0.378. The zero-order chi connectivity index (χ0) is 20.8. The van der Waals surface area contributed by atoms with Gasteiger partial charge in [-0.25, -0.2) is 0 Å². The monoisotopic (exact) mass is 395 g/mol. The van der Waals surface area contributed by atoms with Gasteiger partial charge in [-0.05, 0) is 61.1 Å². The normalized spacial score (nSPS) is 14.1. The van der Waals surface area contributed by atoms with Crippen LogP contribution in [0.2, 0.25) is 0 Å². The van der Waals surface area contributed by atoms with Crippen LogP contribution < -0.4 is 20.7 Å². The fraction of sp³-hybridized carbons (Fsp3) is 0.391. The fourth-order valence-electron chi connectivity index (χ4n) is 3.48. The SMILES string of the molecule is COc1ccc(C(NC(=O)CN(CCC(N)=O)c2cccc(C)c2)C2CC2)cc1. The van der Waals surface area contributed by atoms with Crippen molar-refractivity contribution in [2.75, 3.05) is 25.1 Å². The number of amides is 2. The van der Waals surface area contributed by atoms with E-state index in [0.29, 0.717) is 12.5 Å². The molecular formula is C23H29N3O3. The van der Waals surface area contributed by atoms with Gasteiger partial charge in [-0.15, -0.1) is 0 Å². The summed E-state index contributed by atoms with van der Waals surface area (Å²) < 4.78 is 5.23. The van der Waals surface area contributed by atoms with Crippen LogP contribution in [0.5, 0.6) is 5.75 Å². The highest BCUT2D eigenvalue weighted by Gasteiger charge is 2.33. The molecule has 0 radical (unpaired) electrons. The molecule has 1 saturated carbocycles. The van der Waals surface area contributed by atoms with Gasteiger partial charge in [0.2, 0.25) is 11.8 Å². The van der Waals surface area contributed by atoms with E-state index in [1.165, 1.54) is 0 Å². The highest BCUT2D eigenvalue weighted by molar-refractivity contribution is 5.82. The molecule has 1 aliphatic carbocycles. The number of hydrogen-bond donors (Lipinski definition) is 2. The van der Waals surface area contributed by atoms with Gasteiger partial charge in [0.15, 0.2) is 0 Å². The quantitative estimate of drug-likeness (QED) is 0.648. The van der Waals surface area contributed by atoms with Gasteiger partial charge in [0.1, 0.15) is 5.75 Å². The Morgan fingerprint density at radius 3 is 2.52 bits per heavy atom. The van der Waals surface area contributed by atoms with Crippen LogP contribution in [0.1, 0.15) is 36.4 Å².